The topological polar surface area (TPSA) is 46.2 Å². The quantitative estimate of drug-likeness (QED) is 0.593. The Morgan fingerprint density at radius 2 is 2.08 bits per heavy atom. The van der Waals surface area contributed by atoms with Gasteiger partial charge in [-0.25, -0.2) is 0 Å². The number of amides is 2. The smallest absolute Gasteiger partial charge is 0.258 e. The molecule has 2 rings (SSSR count). The summed E-state index contributed by atoms with van der Waals surface area (Å²) in [4.78, 5) is 22.3. The van der Waals surface area contributed by atoms with E-state index < -0.39 is 0 Å². The number of rotatable bonds is 0. The average Bonchev–Trinajstić information content (AvgIpc) is 2.06. The molecule has 3 nitrogen and oxygen atoms in total. The molecule has 13 heavy (non-hydrogen) atoms. The molecule has 0 aromatic heterocycles. The molecule has 1 heterocycles. The van der Waals surface area contributed by atoms with E-state index in [4.69, 9.17) is 0 Å². The fraction of sp³-hybridized carbons (Fsp3) is 0.200. The number of benzene rings is 1. The fourth-order valence-electron chi connectivity index (χ4n) is 1.47. The molecule has 3 heteroatoms. The largest absolute Gasteiger partial charge is 0.292 e. The van der Waals surface area contributed by atoms with Crippen LogP contribution in [0.25, 0.3) is 0 Å². The predicted octanol–water partition coefficient (Wildman–Crippen LogP) is 0.808. The summed E-state index contributed by atoms with van der Waals surface area (Å²) in [6.07, 6.45) is 0.307. The lowest BCUT2D eigenvalue weighted by Crippen LogP contribution is -2.37. The van der Waals surface area contributed by atoms with E-state index in [0.29, 0.717) is 12.0 Å². The highest BCUT2D eigenvalue weighted by atomic mass is 16.2. The van der Waals surface area contributed by atoms with Crippen molar-refractivity contribution in [1.29, 1.82) is 0 Å². The minimum atomic E-state index is -0.282. The molecule has 0 spiro atoms. The standard InChI is InChI=1S/C10H9NO2/c1-6-2-3-7-5-9(12)11-10(13)8(7)4-6/h2-4H,5H2,1H3,(H,11,12,13). The monoisotopic (exact) mass is 175 g/mol. The molecule has 1 aliphatic heterocycles. The molecular weight excluding hydrogens is 166 g/mol. The van der Waals surface area contributed by atoms with E-state index in [1.807, 2.05) is 19.1 Å². The normalized spacial score (nSPS) is 15.2. The van der Waals surface area contributed by atoms with Crippen LogP contribution < -0.4 is 5.32 Å². The molecule has 0 atom stereocenters. The van der Waals surface area contributed by atoms with Gasteiger partial charge in [-0.15, -0.1) is 0 Å². The number of nitrogens with one attached hydrogen (secondary N) is 1. The van der Waals surface area contributed by atoms with E-state index in [-0.39, 0.29) is 11.8 Å². The fourth-order valence-corrected chi connectivity index (χ4v) is 1.47. The highest BCUT2D eigenvalue weighted by molar-refractivity contribution is 6.09. The van der Waals surface area contributed by atoms with Gasteiger partial charge in [0.05, 0.1) is 6.42 Å². The Labute approximate surface area is 75.8 Å². The van der Waals surface area contributed by atoms with Gasteiger partial charge in [-0.1, -0.05) is 17.7 Å². The van der Waals surface area contributed by atoms with Crippen molar-refractivity contribution in [3.63, 3.8) is 0 Å². The number of imide groups is 1. The Morgan fingerprint density at radius 3 is 2.85 bits per heavy atom. The van der Waals surface area contributed by atoms with Crippen LogP contribution in [0.5, 0.6) is 0 Å². The number of carbonyl (C=O) groups excluding carboxylic acids is 2. The second-order valence-electron chi connectivity index (χ2n) is 3.21. The summed E-state index contributed by atoms with van der Waals surface area (Å²) in [6, 6.07) is 5.54. The summed E-state index contributed by atoms with van der Waals surface area (Å²) in [7, 11) is 0. The van der Waals surface area contributed by atoms with Gasteiger partial charge in [0.2, 0.25) is 5.91 Å². The van der Waals surface area contributed by atoms with Gasteiger partial charge in [0.25, 0.3) is 5.91 Å². The summed E-state index contributed by atoms with van der Waals surface area (Å²) in [5.41, 5.74) is 2.47. The highest BCUT2D eigenvalue weighted by Crippen LogP contribution is 2.15. The summed E-state index contributed by atoms with van der Waals surface area (Å²) >= 11 is 0. The summed E-state index contributed by atoms with van der Waals surface area (Å²) < 4.78 is 0. The van der Waals surface area contributed by atoms with Gasteiger partial charge in [-0.05, 0) is 18.6 Å². The Balaban J connectivity index is 2.55. The first kappa shape index (κ1) is 7.98. The molecule has 0 unspecified atom stereocenters. The summed E-state index contributed by atoms with van der Waals surface area (Å²) in [5.74, 6) is -0.503. The maximum Gasteiger partial charge on any atom is 0.258 e. The van der Waals surface area contributed by atoms with E-state index in [1.54, 1.807) is 6.07 Å². The second-order valence-corrected chi connectivity index (χ2v) is 3.21. The van der Waals surface area contributed by atoms with Crippen LogP contribution >= 0.6 is 0 Å². The lowest BCUT2D eigenvalue weighted by Gasteiger charge is -2.15. The van der Waals surface area contributed by atoms with E-state index >= 15 is 0 Å². The van der Waals surface area contributed by atoms with E-state index in [2.05, 4.69) is 5.32 Å². The number of aryl methyl sites for hydroxylation is 1. The third kappa shape index (κ3) is 1.33. The molecule has 0 aliphatic carbocycles. The minimum absolute atomic E-state index is 0.221. The van der Waals surface area contributed by atoms with Crippen molar-refractivity contribution in [2.75, 3.05) is 0 Å². The number of hydrogen-bond donors (Lipinski definition) is 1. The molecule has 2 amide bonds. The van der Waals surface area contributed by atoms with E-state index in [1.165, 1.54) is 0 Å². The maximum absolute atomic E-state index is 11.3. The predicted molar refractivity (Wildman–Crippen MR) is 47.4 cm³/mol. The van der Waals surface area contributed by atoms with Crippen LogP contribution in [0.3, 0.4) is 0 Å². The van der Waals surface area contributed by atoms with Crippen molar-refractivity contribution >= 4 is 11.8 Å². The Kier molecular flexibility index (Phi) is 1.65. The van der Waals surface area contributed by atoms with Crippen LogP contribution in [0.2, 0.25) is 0 Å². The van der Waals surface area contributed by atoms with Gasteiger partial charge >= 0.3 is 0 Å². The highest BCUT2D eigenvalue weighted by Gasteiger charge is 2.21. The Morgan fingerprint density at radius 1 is 1.31 bits per heavy atom. The SMILES string of the molecule is Cc1ccc2c(c1)C(=O)NC(=O)C2. The van der Waals surface area contributed by atoms with E-state index in [0.717, 1.165) is 11.1 Å². The first-order chi connectivity index (χ1) is 6.16. The van der Waals surface area contributed by atoms with Crippen LogP contribution in [0.1, 0.15) is 21.5 Å². The third-order valence-corrected chi connectivity index (χ3v) is 2.11. The zero-order chi connectivity index (χ0) is 9.42. The molecule has 0 saturated carbocycles. The molecule has 0 bridgehead atoms. The van der Waals surface area contributed by atoms with Crippen LogP contribution in [0, 0.1) is 6.92 Å². The molecule has 1 aromatic carbocycles. The second kappa shape index (κ2) is 2.69. The van der Waals surface area contributed by atoms with Crippen LogP contribution in [-0.2, 0) is 11.2 Å². The average molecular weight is 175 g/mol. The van der Waals surface area contributed by atoms with Crippen LogP contribution in [0.4, 0.5) is 0 Å². The molecule has 0 fully saturated rings. The van der Waals surface area contributed by atoms with Crippen molar-refractivity contribution in [3.8, 4) is 0 Å². The van der Waals surface area contributed by atoms with Gasteiger partial charge in [0.1, 0.15) is 0 Å². The van der Waals surface area contributed by atoms with Crippen molar-refractivity contribution in [3.05, 3.63) is 34.9 Å². The number of carbonyl (C=O) groups is 2. The number of hydrogen-bond acceptors (Lipinski definition) is 2. The zero-order valence-corrected chi connectivity index (χ0v) is 7.26. The van der Waals surface area contributed by atoms with Gasteiger partial charge in [0, 0.05) is 5.56 Å². The number of fused-ring (bicyclic) bond motifs is 1. The first-order valence-electron chi connectivity index (χ1n) is 4.10. The molecule has 1 aromatic rings. The summed E-state index contributed by atoms with van der Waals surface area (Å²) in [6.45, 7) is 1.92. The molecule has 1 aliphatic rings. The zero-order valence-electron chi connectivity index (χ0n) is 7.26. The summed E-state index contributed by atoms with van der Waals surface area (Å²) in [5, 5.41) is 2.28. The van der Waals surface area contributed by atoms with Crippen molar-refractivity contribution in [1.82, 2.24) is 5.32 Å². The lowest BCUT2D eigenvalue weighted by atomic mass is 9.98. The van der Waals surface area contributed by atoms with Gasteiger partial charge in [0.15, 0.2) is 0 Å². The van der Waals surface area contributed by atoms with Crippen LogP contribution in [0.15, 0.2) is 18.2 Å². The molecule has 66 valence electrons. The first-order valence-corrected chi connectivity index (χ1v) is 4.10. The Bertz CT molecular complexity index is 396. The van der Waals surface area contributed by atoms with Gasteiger partial charge in [-0.3, -0.25) is 14.9 Å². The minimum Gasteiger partial charge on any atom is -0.292 e. The maximum atomic E-state index is 11.3. The van der Waals surface area contributed by atoms with Crippen molar-refractivity contribution in [2.45, 2.75) is 13.3 Å². The van der Waals surface area contributed by atoms with Crippen LogP contribution in [-0.4, -0.2) is 11.8 Å². The Hall–Kier alpha value is -1.64. The van der Waals surface area contributed by atoms with E-state index in [9.17, 15) is 9.59 Å². The molecule has 1 N–H and O–H groups in total. The molecular formula is C10H9NO2. The van der Waals surface area contributed by atoms with Crippen molar-refractivity contribution < 1.29 is 9.59 Å². The lowest BCUT2D eigenvalue weighted by molar-refractivity contribution is -0.119. The van der Waals surface area contributed by atoms with Gasteiger partial charge < -0.3 is 0 Å². The van der Waals surface area contributed by atoms with Gasteiger partial charge in [-0.2, -0.15) is 0 Å². The molecule has 0 radical (unpaired) electrons. The van der Waals surface area contributed by atoms with Crippen molar-refractivity contribution in [2.24, 2.45) is 0 Å². The molecule has 0 saturated heterocycles. The third-order valence-electron chi connectivity index (χ3n) is 2.11.